The second kappa shape index (κ2) is 6.46. The Bertz CT molecular complexity index is 1200. The van der Waals surface area contributed by atoms with Crippen molar-refractivity contribution in [2.45, 2.75) is 12.8 Å². The van der Waals surface area contributed by atoms with E-state index in [9.17, 15) is 14.4 Å². The Morgan fingerprint density at radius 2 is 1.78 bits per heavy atom. The minimum absolute atomic E-state index is 0.00209. The van der Waals surface area contributed by atoms with Crippen molar-refractivity contribution in [3.05, 3.63) is 80.1 Å². The van der Waals surface area contributed by atoms with E-state index in [-0.39, 0.29) is 11.7 Å². The van der Waals surface area contributed by atoms with Crippen LogP contribution in [0.2, 0.25) is 0 Å². The molecule has 0 amide bonds. The van der Waals surface area contributed by atoms with Gasteiger partial charge in [0.05, 0.1) is 5.39 Å². The molecule has 4 rings (SSSR count). The molecule has 27 heavy (non-hydrogen) atoms. The van der Waals surface area contributed by atoms with Crippen LogP contribution < -0.4 is 11.2 Å². The maximum atomic E-state index is 12.7. The number of pyridine rings is 1. The highest BCUT2D eigenvalue weighted by Gasteiger charge is 2.28. The fraction of sp³-hybridized carbons (Fsp3) is 0.238. The average molecular weight is 361 g/mol. The summed E-state index contributed by atoms with van der Waals surface area (Å²) in [5, 5.41) is 0.364. The van der Waals surface area contributed by atoms with Gasteiger partial charge in [-0.25, -0.2) is 9.78 Å². The highest BCUT2D eigenvalue weighted by molar-refractivity contribution is 6.02. The molecule has 0 unspecified atom stereocenters. The summed E-state index contributed by atoms with van der Waals surface area (Å²) in [6.45, 7) is 0. The summed E-state index contributed by atoms with van der Waals surface area (Å²) >= 11 is 0. The van der Waals surface area contributed by atoms with E-state index in [1.54, 1.807) is 7.05 Å². The lowest BCUT2D eigenvalue weighted by atomic mass is 9.82. The molecule has 1 aliphatic rings. The van der Waals surface area contributed by atoms with Crippen LogP contribution in [-0.2, 0) is 20.5 Å². The number of hydrogen-bond donors (Lipinski definition) is 0. The molecule has 2 aromatic heterocycles. The van der Waals surface area contributed by atoms with Crippen molar-refractivity contribution in [1.29, 1.82) is 0 Å². The van der Waals surface area contributed by atoms with Crippen molar-refractivity contribution in [2.75, 3.05) is 0 Å². The zero-order valence-electron chi connectivity index (χ0n) is 15.2. The molecule has 1 atom stereocenters. The third kappa shape index (κ3) is 2.83. The van der Waals surface area contributed by atoms with Crippen LogP contribution in [0.4, 0.5) is 0 Å². The van der Waals surface area contributed by atoms with Gasteiger partial charge in [-0.3, -0.25) is 18.7 Å². The van der Waals surface area contributed by atoms with Crippen molar-refractivity contribution in [3.8, 4) is 0 Å². The van der Waals surface area contributed by atoms with E-state index in [4.69, 9.17) is 0 Å². The number of allylic oxidation sites excluding steroid dienone is 1. The first kappa shape index (κ1) is 17.1. The van der Waals surface area contributed by atoms with Crippen LogP contribution >= 0.6 is 0 Å². The number of hydrogen-bond acceptors (Lipinski definition) is 4. The Hall–Kier alpha value is -3.28. The SMILES string of the molecule is Cn1c(=O)c2c3c(cnc2n(C)c1=O)C(=O)C[C@H](/C=C/c1ccccc1)C3. The van der Waals surface area contributed by atoms with Crippen molar-refractivity contribution >= 4 is 22.9 Å². The third-order valence-corrected chi connectivity index (χ3v) is 5.15. The molecule has 0 spiro atoms. The predicted molar refractivity (Wildman–Crippen MR) is 104 cm³/mol. The van der Waals surface area contributed by atoms with Gasteiger partial charge in [-0.2, -0.15) is 0 Å². The minimum Gasteiger partial charge on any atom is -0.294 e. The first-order valence-electron chi connectivity index (χ1n) is 8.81. The summed E-state index contributed by atoms with van der Waals surface area (Å²) in [6, 6.07) is 9.88. The van der Waals surface area contributed by atoms with Crippen molar-refractivity contribution in [1.82, 2.24) is 14.1 Å². The molecule has 1 aromatic carbocycles. The molecular weight excluding hydrogens is 342 g/mol. The number of fused-ring (bicyclic) bond motifs is 3. The first-order chi connectivity index (χ1) is 13.0. The molecule has 6 heteroatoms. The number of carbonyl (C=O) groups is 1. The van der Waals surface area contributed by atoms with Gasteiger partial charge in [-0.05, 0) is 23.5 Å². The van der Waals surface area contributed by atoms with Gasteiger partial charge in [-0.15, -0.1) is 0 Å². The maximum absolute atomic E-state index is 12.7. The molecule has 6 nitrogen and oxygen atoms in total. The van der Waals surface area contributed by atoms with Gasteiger partial charge in [-0.1, -0.05) is 42.5 Å². The number of benzene rings is 1. The van der Waals surface area contributed by atoms with Gasteiger partial charge in [0.2, 0.25) is 0 Å². The Labute approximate surface area is 155 Å². The second-order valence-corrected chi connectivity index (χ2v) is 6.92. The fourth-order valence-corrected chi connectivity index (χ4v) is 3.67. The van der Waals surface area contributed by atoms with Gasteiger partial charge < -0.3 is 0 Å². The zero-order valence-corrected chi connectivity index (χ0v) is 15.2. The summed E-state index contributed by atoms with van der Waals surface area (Å²) in [4.78, 5) is 41.8. The number of Topliss-reactive ketones (excluding diaryl/α,β-unsaturated/α-hetero) is 1. The molecule has 3 aromatic rings. The van der Waals surface area contributed by atoms with E-state index in [1.165, 1.54) is 17.8 Å². The van der Waals surface area contributed by atoms with Crippen LogP contribution in [0.5, 0.6) is 0 Å². The molecular formula is C21H19N3O3. The second-order valence-electron chi connectivity index (χ2n) is 6.92. The highest BCUT2D eigenvalue weighted by Crippen LogP contribution is 2.29. The Morgan fingerprint density at radius 3 is 2.52 bits per heavy atom. The predicted octanol–water partition coefficient (Wildman–Crippen LogP) is 2.09. The number of aryl methyl sites for hydroxylation is 1. The fourth-order valence-electron chi connectivity index (χ4n) is 3.67. The number of nitrogens with zero attached hydrogens (tertiary/aromatic N) is 3. The van der Waals surface area contributed by atoms with Crippen molar-refractivity contribution in [3.63, 3.8) is 0 Å². The topological polar surface area (TPSA) is 74.0 Å². The number of rotatable bonds is 2. The lowest BCUT2D eigenvalue weighted by Crippen LogP contribution is -2.38. The van der Waals surface area contributed by atoms with E-state index >= 15 is 0 Å². The van der Waals surface area contributed by atoms with Crippen molar-refractivity contribution < 1.29 is 4.79 Å². The third-order valence-electron chi connectivity index (χ3n) is 5.15. The van der Waals surface area contributed by atoms with Crippen LogP contribution in [0.25, 0.3) is 17.1 Å². The van der Waals surface area contributed by atoms with Gasteiger partial charge in [0, 0.05) is 32.3 Å². The van der Waals surface area contributed by atoms with Crippen LogP contribution in [0, 0.1) is 5.92 Å². The maximum Gasteiger partial charge on any atom is 0.332 e. The van der Waals surface area contributed by atoms with E-state index in [0.29, 0.717) is 35.0 Å². The molecule has 0 fully saturated rings. The summed E-state index contributed by atoms with van der Waals surface area (Å²) < 4.78 is 2.42. The summed E-state index contributed by atoms with van der Waals surface area (Å²) in [6.07, 6.45) is 6.47. The van der Waals surface area contributed by atoms with E-state index in [2.05, 4.69) is 4.98 Å². The largest absolute Gasteiger partial charge is 0.332 e. The van der Waals surface area contributed by atoms with Crippen LogP contribution in [0.1, 0.15) is 27.9 Å². The Kier molecular flexibility index (Phi) is 4.11. The summed E-state index contributed by atoms with van der Waals surface area (Å²) in [5.41, 5.74) is 1.73. The van der Waals surface area contributed by atoms with Crippen LogP contribution in [0.15, 0.2) is 52.2 Å². The first-order valence-corrected chi connectivity index (χ1v) is 8.81. The van der Waals surface area contributed by atoms with Gasteiger partial charge in [0.15, 0.2) is 5.78 Å². The minimum atomic E-state index is -0.428. The molecule has 0 saturated heterocycles. The van der Waals surface area contributed by atoms with Gasteiger partial charge in [0.25, 0.3) is 5.56 Å². The van der Waals surface area contributed by atoms with Gasteiger partial charge >= 0.3 is 5.69 Å². The number of aromatic nitrogens is 3. The van der Waals surface area contributed by atoms with Gasteiger partial charge in [0.1, 0.15) is 5.65 Å². The molecule has 0 radical (unpaired) electrons. The standard InChI is InChI=1S/C21H19N3O3/c1-23-19-18(20(26)24(2)21(23)27)15-10-14(11-17(25)16(15)12-22-19)9-8-13-6-4-3-5-7-13/h3-9,12,14H,10-11H2,1-2H3/b9-8+/t14-/m1/s1. The van der Waals surface area contributed by atoms with Crippen LogP contribution in [-0.4, -0.2) is 19.9 Å². The molecule has 136 valence electrons. The summed E-state index contributed by atoms with van der Waals surface area (Å²) in [5.74, 6) is -0.0259. The molecule has 0 aliphatic heterocycles. The molecule has 0 bridgehead atoms. The number of ketones is 1. The van der Waals surface area contributed by atoms with Crippen LogP contribution in [0.3, 0.4) is 0 Å². The van der Waals surface area contributed by atoms with E-state index in [0.717, 1.165) is 10.1 Å². The lowest BCUT2D eigenvalue weighted by Gasteiger charge is -2.22. The normalized spacial score (nSPS) is 16.8. The molecule has 1 aliphatic carbocycles. The highest BCUT2D eigenvalue weighted by atomic mass is 16.2. The lowest BCUT2D eigenvalue weighted by molar-refractivity contribution is 0.0959. The quantitative estimate of drug-likeness (QED) is 0.701. The Balaban J connectivity index is 1.85. The smallest absolute Gasteiger partial charge is 0.294 e. The van der Waals surface area contributed by atoms with E-state index < -0.39 is 11.2 Å². The summed E-state index contributed by atoms with van der Waals surface area (Å²) in [7, 11) is 3.03. The van der Waals surface area contributed by atoms with Crippen molar-refractivity contribution in [2.24, 2.45) is 20.0 Å². The molecule has 2 heterocycles. The molecule has 0 N–H and O–H groups in total. The van der Waals surface area contributed by atoms with E-state index in [1.807, 2.05) is 42.5 Å². The zero-order chi connectivity index (χ0) is 19.1. The monoisotopic (exact) mass is 361 g/mol. The Morgan fingerprint density at radius 1 is 1.04 bits per heavy atom. The molecule has 0 saturated carbocycles. The number of carbonyl (C=O) groups excluding carboxylic acids is 1. The average Bonchev–Trinajstić information content (AvgIpc) is 2.69.